The van der Waals surface area contributed by atoms with E-state index in [0.717, 1.165) is 29.7 Å². The highest BCUT2D eigenvalue weighted by atomic mass is 16.3. The normalized spacial score (nSPS) is 15.0. The lowest BCUT2D eigenvalue weighted by Crippen LogP contribution is -2.05. The van der Waals surface area contributed by atoms with Crippen LogP contribution in [0, 0.1) is 5.92 Å². The molecule has 0 saturated heterocycles. The van der Waals surface area contributed by atoms with Crippen molar-refractivity contribution in [3.05, 3.63) is 30.8 Å². The molecule has 1 aliphatic rings. The minimum absolute atomic E-state index is 0.775. The fraction of sp³-hybridized carbons (Fsp3) is 0.333. The van der Waals surface area contributed by atoms with Gasteiger partial charge in [-0.1, -0.05) is 0 Å². The number of furan rings is 1. The van der Waals surface area contributed by atoms with Gasteiger partial charge < -0.3 is 9.73 Å². The summed E-state index contributed by atoms with van der Waals surface area (Å²) in [4.78, 5) is 8.36. The Morgan fingerprint density at radius 1 is 1.38 bits per heavy atom. The zero-order valence-corrected chi connectivity index (χ0v) is 8.89. The van der Waals surface area contributed by atoms with Crippen LogP contribution in [0.4, 0.5) is 5.82 Å². The second kappa shape index (κ2) is 3.96. The summed E-state index contributed by atoms with van der Waals surface area (Å²) in [7, 11) is 0. The number of hydrogen-bond donors (Lipinski definition) is 1. The molecular formula is C12H13N3O. The maximum Gasteiger partial charge on any atom is 0.152 e. The molecule has 0 aromatic carbocycles. The highest BCUT2D eigenvalue weighted by Crippen LogP contribution is 2.29. The van der Waals surface area contributed by atoms with Gasteiger partial charge in [0.15, 0.2) is 5.76 Å². The Labute approximate surface area is 93.7 Å². The summed E-state index contributed by atoms with van der Waals surface area (Å²) in [6.45, 7) is 1.01. The average molecular weight is 215 g/mol. The first-order valence-electron chi connectivity index (χ1n) is 5.51. The summed E-state index contributed by atoms with van der Waals surface area (Å²) in [5.41, 5.74) is 0.818. The maximum absolute atomic E-state index is 5.29. The first kappa shape index (κ1) is 9.39. The topological polar surface area (TPSA) is 51.0 Å². The maximum atomic E-state index is 5.29. The summed E-state index contributed by atoms with van der Waals surface area (Å²) in [6.07, 6.45) is 5.88. The van der Waals surface area contributed by atoms with Crippen molar-refractivity contribution in [1.29, 1.82) is 0 Å². The molecule has 16 heavy (non-hydrogen) atoms. The zero-order valence-electron chi connectivity index (χ0n) is 8.89. The van der Waals surface area contributed by atoms with Crippen molar-refractivity contribution < 1.29 is 4.42 Å². The van der Waals surface area contributed by atoms with Crippen LogP contribution in [0.2, 0.25) is 0 Å². The van der Waals surface area contributed by atoms with Crippen LogP contribution in [0.25, 0.3) is 11.5 Å². The Bertz CT molecular complexity index is 463. The van der Waals surface area contributed by atoms with Gasteiger partial charge in [0, 0.05) is 12.6 Å². The third-order valence-electron chi connectivity index (χ3n) is 2.71. The Kier molecular flexibility index (Phi) is 2.33. The second-order valence-electron chi connectivity index (χ2n) is 4.09. The second-order valence-corrected chi connectivity index (χ2v) is 4.09. The molecule has 2 heterocycles. The van der Waals surface area contributed by atoms with E-state index in [9.17, 15) is 0 Å². The van der Waals surface area contributed by atoms with Gasteiger partial charge in [-0.3, -0.25) is 0 Å². The van der Waals surface area contributed by atoms with Crippen molar-refractivity contribution in [3.8, 4) is 11.5 Å². The van der Waals surface area contributed by atoms with E-state index in [1.54, 1.807) is 12.6 Å². The van der Waals surface area contributed by atoms with Gasteiger partial charge in [-0.25, -0.2) is 9.97 Å². The number of hydrogen-bond acceptors (Lipinski definition) is 4. The minimum atomic E-state index is 0.775. The van der Waals surface area contributed by atoms with Crippen molar-refractivity contribution >= 4 is 5.82 Å². The number of nitrogens with one attached hydrogen (secondary N) is 1. The number of anilines is 1. The molecule has 0 radical (unpaired) electrons. The Morgan fingerprint density at radius 3 is 3.06 bits per heavy atom. The Hall–Kier alpha value is -1.84. The molecule has 0 spiro atoms. The summed E-state index contributed by atoms with van der Waals surface area (Å²) >= 11 is 0. The van der Waals surface area contributed by atoms with Gasteiger partial charge in [-0.05, 0) is 30.9 Å². The lowest BCUT2D eigenvalue weighted by molar-refractivity contribution is 0.580. The number of nitrogens with zero attached hydrogens (tertiary/aromatic N) is 2. The van der Waals surface area contributed by atoms with Gasteiger partial charge in [0.05, 0.1) is 6.26 Å². The minimum Gasteiger partial charge on any atom is -0.463 e. The molecule has 1 aliphatic carbocycles. The van der Waals surface area contributed by atoms with Crippen LogP contribution >= 0.6 is 0 Å². The van der Waals surface area contributed by atoms with Gasteiger partial charge >= 0.3 is 0 Å². The average Bonchev–Trinajstić information content (AvgIpc) is 2.99. The first-order valence-corrected chi connectivity index (χ1v) is 5.51. The summed E-state index contributed by atoms with van der Waals surface area (Å²) in [5.74, 6) is 2.48. The molecule has 4 nitrogen and oxygen atoms in total. The fourth-order valence-corrected chi connectivity index (χ4v) is 1.58. The number of aromatic nitrogens is 2. The van der Waals surface area contributed by atoms with Crippen LogP contribution in [-0.2, 0) is 0 Å². The summed E-state index contributed by atoms with van der Waals surface area (Å²) in [6, 6.07) is 5.67. The molecule has 0 amide bonds. The van der Waals surface area contributed by atoms with Gasteiger partial charge in [-0.2, -0.15) is 0 Å². The van der Waals surface area contributed by atoms with Crippen LogP contribution in [0.1, 0.15) is 12.8 Å². The van der Waals surface area contributed by atoms with E-state index >= 15 is 0 Å². The van der Waals surface area contributed by atoms with Crippen LogP contribution in [0.5, 0.6) is 0 Å². The Morgan fingerprint density at radius 2 is 2.31 bits per heavy atom. The van der Waals surface area contributed by atoms with Crippen LogP contribution in [-0.4, -0.2) is 16.5 Å². The molecule has 2 aromatic rings. The van der Waals surface area contributed by atoms with Crippen LogP contribution in [0.15, 0.2) is 35.2 Å². The molecular weight excluding hydrogens is 202 g/mol. The van der Waals surface area contributed by atoms with E-state index in [1.165, 1.54) is 12.8 Å². The molecule has 0 atom stereocenters. The van der Waals surface area contributed by atoms with E-state index in [-0.39, 0.29) is 0 Å². The molecule has 1 N–H and O–H groups in total. The third kappa shape index (κ3) is 2.05. The van der Waals surface area contributed by atoms with E-state index in [2.05, 4.69) is 15.3 Å². The van der Waals surface area contributed by atoms with Crippen molar-refractivity contribution in [2.75, 3.05) is 11.9 Å². The summed E-state index contributed by atoms with van der Waals surface area (Å²) < 4.78 is 5.29. The lowest BCUT2D eigenvalue weighted by Gasteiger charge is -2.04. The van der Waals surface area contributed by atoms with E-state index in [4.69, 9.17) is 4.42 Å². The summed E-state index contributed by atoms with van der Waals surface area (Å²) in [5, 5.41) is 3.32. The number of rotatable bonds is 4. The monoisotopic (exact) mass is 215 g/mol. The van der Waals surface area contributed by atoms with Gasteiger partial charge in [0.1, 0.15) is 17.8 Å². The van der Waals surface area contributed by atoms with Crippen molar-refractivity contribution in [3.63, 3.8) is 0 Å². The third-order valence-corrected chi connectivity index (χ3v) is 2.71. The van der Waals surface area contributed by atoms with Crippen LogP contribution in [0.3, 0.4) is 0 Å². The van der Waals surface area contributed by atoms with E-state index < -0.39 is 0 Å². The van der Waals surface area contributed by atoms with Gasteiger partial charge in [-0.15, -0.1) is 0 Å². The largest absolute Gasteiger partial charge is 0.463 e. The van der Waals surface area contributed by atoms with Gasteiger partial charge in [0.2, 0.25) is 0 Å². The zero-order chi connectivity index (χ0) is 10.8. The first-order chi connectivity index (χ1) is 7.92. The van der Waals surface area contributed by atoms with Crippen LogP contribution < -0.4 is 5.32 Å². The molecule has 0 unspecified atom stereocenters. The highest BCUT2D eigenvalue weighted by Gasteiger charge is 2.20. The molecule has 82 valence electrons. The molecule has 4 heteroatoms. The molecule has 0 aliphatic heterocycles. The molecule has 1 fully saturated rings. The molecule has 0 bridgehead atoms. The Balaban J connectivity index is 1.76. The molecule has 3 rings (SSSR count). The smallest absolute Gasteiger partial charge is 0.152 e. The van der Waals surface area contributed by atoms with E-state index in [1.807, 2.05) is 18.2 Å². The molecule has 1 saturated carbocycles. The lowest BCUT2D eigenvalue weighted by atomic mass is 10.3. The highest BCUT2D eigenvalue weighted by molar-refractivity contribution is 5.56. The van der Waals surface area contributed by atoms with Crippen molar-refractivity contribution in [2.45, 2.75) is 12.8 Å². The SMILES string of the molecule is c1coc(-c2cc(NCC3CC3)ncn2)c1. The van der Waals surface area contributed by atoms with Gasteiger partial charge in [0.25, 0.3) is 0 Å². The molecule has 2 aromatic heterocycles. The van der Waals surface area contributed by atoms with E-state index in [0.29, 0.717) is 0 Å². The quantitative estimate of drug-likeness (QED) is 0.851. The van der Waals surface area contributed by atoms with Crippen molar-refractivity contribution in [1.82, 2.24) is 9.97 Å². The predicted octanol–water partition coefficient (Wildman–Crippen LogP) is 2.56. The van der Waals surface area contributed by atoms with Crippen molar-refractivity contribution in [2.24, 2.45) is 5.92 Å². The standard InChI is InChI=1S/C12H13N3O/c1-2-11(16-5-1)10-6-12(15-8-14-10)13-7-9-3-4-9/h1-2,5-6,8-9H,3-4,7H2,(H,13,14,15). The fourth-order valence-electron chi connectivity index (χ4n) is 1.58. The predicted molar refractivity (Wildman–Crippen MR) is 60.9 cm³/mol.